The predicted octanol–water partition coefficient (Wildman–Crippen LogP) is 3.74. The number of fused-ring (bicyclic) bond motifs is 1. The number of aromatic nitrogens is 1. The number of carbonyl (C=O) groups is 1. The van der Waals surface area contributed by atoms with E-state index in [1.807, 2.05) is 18.2 Å². The Morgan fingerprint density at radius 3 is 2.65 bits per heavy atom. The molecule has 0 aliphatic carbocycles. The maximum atomic E-state index is 13.6. The Balaban J connectivity index is 2.10. The molecular formula is C16H9F2NO. The van der Waals surface area contributed by atoms with Crippen molar-refractivity contribution in [2.75, 3.05) is 0 Å². The molecule has 0 saturated carbocycles. The second kappa shape index (κ2) is 4.81. The monoisotopic (exact) mass is 269 g/mol. The predicted molar refractivity (Wildman–Crippen MR) is 71.5 cm³/mol. The topological polar surface area (TPSA) is 30.0 Å². The van der Waals surface area contributed by atoms with Crippen LogP contribution in [0, 0.1) is 11.6 Å². The first-order valence-electron chi connectivity index (χ1n) is 6.00. The molecule has 20 heavy (non-hydrogen) atoms. The number of carbonyl (C=O) groups excluding carboxylic acids is 1. The van der Waals surface area contributed by atoms with Gasteiger partial charge >= 0.3 is 0 Å². The summed E-state index contributed by atoms with van der Waals surface area (Å²) < 4.78 is 26.8. The van der Waals surface area contributed by atoms with Gasteiger partial charge in [0.1, 0.15) is 11.6 Å². The highest BCUT2D eigenvalue weighted by Crippen LogP contribution is 2.18. The van der Waals surface area contributed by atoms with Crippen LogP contribution < -0.4 is 0 Å². The summed E-state index contributed by atoms with van der Waals surface area (Å²) in [6.07, 6.45) is 1.37. The summed E-state index contributed by atoms with van der Waals surface area (Å²) in [6, 6.07) is 11.7. The zero-order chi connectivity index (χ0) is 14.1. The van der Waals surface area contributed by atoms with Crippen LogP contribution in [0.15, 0.2) is 54.7 Å². The number of nitrogens with zero attached hydrogens (tertiary/aromatic N) is 1. The Morgan fingerprint density at radius 2 is 1.80 bits per heavy atom. The van der Waals surface area contributed by atoms with Crippen molar-refractivity contribution >= 4 is 16.7 Å². The molecule has 4 heteroatoms. The van der Waals surface area contributed by atoms with Gasteiger partial charge in [0.2, 0.25) is 0 Å². The lowest BCUT2D eigenvalue weighted by molar-refractivity contribution is 0.103. The number of ketones is 1. The highest BCUT2D eigenvalue weighted by atomic mass is 19.1. The second-order valence-corrected chi connectivity index (χ2v) is 4.37. The maximum Gasteiger partial charge on any atom is 0.197 e. The molecule has 2 aromatic carbocycles. The molecular weight excluding hydrogens is 260 g/mol. The quantitative estimate of drug-likeness (QED) is 0.663. The van der Waals surface area contributed by atoms with E-state index in [0.29, 0.717) is 0 Å². The number of rotatable bonds is 2. The number of para-hydroxylation sites is 1. The van der Waals surface area contributed by atoms with Crippen LogP contribution in [0.25, 0.3) is 10.9 Å². The first-order chi connectivity index (χ1) is 9.65. The fraction of sp³-hybridized carbons (Fsp3) is 0. The van der Waals surface area contributed by atoms with Crippen molar-refractivity contribution in [2.45, 2.75) is 0 Å². The van der Waals surface area contributed by atoms with Crippen LogP contribution in [-0.4, -0.2) is 10.8 Å². The summed E-state index contributed by atoms with van der Waals surface area (Å²) in [4.78, 5) is 16.4. The Labute approximate surface area is 113 Å². The number of pyridine rings is 1. The molecule has 0 radical (unpaired) electrons. The molecule has 0 saturated heterocycles. The third-order valence-electron chi connectivity index (χ3n) is 3.03. The van der Waals surface area contributed by atoms with Crippen molar-refractivity contribution in [1.29, 1.82) is 0 Å². The summed E-state index contributed by atoms with van der Waals surface area (Å²) in [6.45, 7) is 0. The van der Waals surface area contributed by atoms with Gasteiger partial charge < -0.3 is 0 Å². The lowest BCUT2D eigenvalue weighted by atomic mass is 10.0. The third-order valence-corrected chi connectivity index (χ3v) is 3.03. The fourth-order valence-corrected chi connectivity index (χ4v) is 2.02. The summed E-state index contributed by atoms with van der Waals surface area (Å²) in [5.41, 5.74) is 0.680. The first kappa shape index (κ1) is 12.4. The van der Waals surface area contributed by atoms with E-state index in [1.54, 1.807) is 12.1 Å². The van der Waals surface area contributed by atoms with E-state index >= 15 is 0 Å². The van der Waals surface area contributed by atoms with Gasteiger partial charge in [-0.2, -0.15) is 0 Å². The van der Waals surface area contributed by atoms with Gasteiger partial charge in [0.15, 0.2) is 5.78 Å². The number of hydrogen-bond donors (Lipinski definition) is 0. The van der Waals surface area contributed by atoms with Gasteiger partial charge in [-0.3, -0.25) is 9.78 Å². The molecule has 0 aliphatic heterocycles. The molecule has 1 aromatic heterocycles. The van der Waals surface area contributed by atoms with Crippen LogP contribution in [0.4, 0.5) is 8.78 Å². The minimum absolute atomic E-state index is 0.230. The van der Waals surface area contributed by atoms with E-state index in [4.69, 9.17) is 0 Å². The molecule has 0 atom stereocenters. The van der Waals surface area contributed by atoms with Gasteiger partial charge in [0.05, 0.1) is 11.1 Å². The highest BCUT2D eigenvalue weighted by molar-refractivity contribution is 6.10. The summed E-state index contributed by atoms with van der Waals surface area (Å²) in [7, 11) is 0. The van der Waals surface area contributed by atoms with Crippen molar-refractivity contribution in [3.63, 3.8) is 0 Å². The average Bonchev–Trinajstić information content (AvgIpc) is 2.48. The standard InChI is InChI=1S/C16H9F2NO/c17-12-5-6-14(18)13(8-12)16(20)11-7-10-3-1-2-4-15(10)19-9-11/h1-9H. The molecule has 0 spiro atoms. The summed E-state index contributed by atoms with van der Waals surface area (Å²) in [5, 5.41) is 0.773. The molecule has 98 valence electrons. The van der Waals surface area contributed by atoms with Crippen molar-refractivity contribution in [2.24, 2.45) is 0 Å². The molecule has 0 aliphatic rings. The van der Waals surface area contributed by atoms with Crippen LogP contribution >= 0.6 is 0 Å². The van der Waals surface area contributed by atoms with Gasteiger partial charge in [-0.1, -0.05) is 18.2 Å². The Bertz CT molecular complexity index is 814. The first-order valence-corrected chi connectivity index (χ1v) is 6.00. The zero-order valence-electron chi connectivity index (χ0n) is 10.3. The van der Waals surface area contributed by atoms with Crippen LogP contribution in [-0.2, 0) is 0 Å². The third kappa shape index (κ3) is 2.16. The molecule has 0 amide bonds. The summed E-state index contributed by atoms with van der Waals surface area (Å²) in [5.74, 6) is -1.98. The molecule has 1 heterocycles. The van der Waals surface area contributed by atoms with Crippen molar-refractivity contribution in [3.05, 3.63) is 77.5 Å². The fourth-order valence-electron chi connectivity index (χ4n) is 2.02. The molecule has 0 fully saturated rings. The molecule has 3 rings (SSSR count). The number of hydrogen-bond acceptors (Lipinski definition) is 2. The van der Waals surface area contributed by atoms with Crippen LogP contribution in [0.3, 0.4) is 0 Å². The number of halogens is 2. The minimum Gasteiger partial charge on any atom is -0.288 e. The van der Waals surface area contributed by atoms with E-state index < -0.39 is 17.4 Å². The molecule has 3 aromatic rings. The average molecular weight is 269 g/mol. The van der Waals surface area contributed by atoms with Gasteiger partial charge in [0, 0.05) is 17.1 Å². The van der Waals surface area contributed by atoms with Crippen LogP contribution in [0.1, 0.15) is 15.9 Å². The van der Waals surface area contributed by atoms with E-state index in [-0.39, 0.29) is 11.1 Å². The molecule has 0 unspecified atom stereocenters. The smallest absolute Gasteiger partial charge is 0.197 e. The molecule has 2 nitrogen and oxygen atoms in total. The van der Waals surface area contributed by atoms with Gasteiger partial charge in [-0.25, -0.2) is 8.78 Å². The van der Waals surface area contributed by atoms with Gasteiger partial charge in [-0.15, -0.1) is 0 Å². The molecule has 0 N–H and O–H groups in total. The lowest BCUT2D eigenvalue weighted by Crippen LogP contribution is -2.05. The van der Waals surface area contributed by atoms with Crippen molar-refractivity contribution < 1.29 is 13.6 Å². The summed E-state index contributed by atoms with van der Waals surface area (Å²) >= 11 is 0. The van der Waals surface area contributed by atoms with Gasteiger partial charge in [0.25, 0.3) is 0 Å². The van der Waals surface area contributed by atoms with Crippen LogP contribution in [0.5, 0.6) is 0 Å². The second-order valence-electron chi connectivity index (χ2n) is 4.37. The SMILES string of the molecule is O=C(c1cnc2ccccc2c1)c1cc(F)ccc1F. The Morgan fingerprint density at radius 1 is 1.00 bits per heavy atom. The van der Waals surface area contributed by atoms with E-state index in [2.05, 4.69) is 4.98 Å². The zero-order valence-corrected chi connectivity index (χ0v) is 10.3. The van der Waals surface area contributed by atoms with E-state index in [9.17, 15) is 13.6 Å². The highest BCUT2D eigenvalue weighted by Gasteiger charge is 2.15. The van der Waals surface area contributed by atoms with E-state index in [1.165, 1.54) is 6.20 Å². The normalized spacial score (nSPS) is 10.7. The Kier molecular flexibility index (Phi) is 2.99. The van der Waals surface area contributed by atoms with Crippen molar-refractivity contribution in [1.82, 2.24) is 4.98 Å². The van der Waals surface area contributed by atoms with Crippen LogP contribution in [0.2, 0.25) is 0 Å². The van der Waals surface area contributed by atoms with E-state index in [0.717, 1.165) is 29.1 Å². The lowest BCUT2D eigenvalue weighted by Gasteiger charge is -2.04. The Hall–Kier alpha value is -2.62. The molecule has 0 bridgehead atoms. The maximum absolute atomic E-state index is 13.6. The minimum atomic E-state index is -0.746. The number of benzene rings is 2. The van der Waals surface area contributed by atoms with Crippen molar-refractivity contribution in [3.8, 4) is 0 Å². The van der Waals surface area contributed by atoms with Gasteiger partial charge in [-0.05, 0) is 30.3 Å². The largest absolute Gasteiger partial charge is 0.288 e.